The second-order valence-corrected chi connectivity index (χ2v) is 6.08. The number of aliphatic hydroxyl groups is 1. The Morgan fingerprint density at radius 1 is 1.15 bits per heavy atom. The number of hydrogen-bond donors (Lipinski definition) is 1. The van der Waals surface area contributed by atoms with E-state index in [0.717, 1.165) is 26.7 Å². The van der Waals surface area contributed by atoms with Gasteiger partial charge in [-0.15, -0.1) is 0 Å². The fourth-order valence-electron chi connectivity index (χ4n) is 2.04. The molecule has 0 saturated carbocycles. The van der Waals surface area contributed by atoms with Gasteiger partial charge in [0.25, 0.3) is 0 Å². The number of rotatable bonds is 4. The van der Waals surface area contributed by atoms with E-state index in [1.54, 1.807) is 0 Å². The number of hydrogen-bond acceptors (Lipinski definition) is 2. The summed E-state index contributed by atoms with van der Waals surface area (Å²) < 4.78 is 6.79. The van der Waals surface area contributed by atoms with Crippen molar-refractivity contribution in [1.29, 1.82) is 0 Å². The van der Waals surface area contributed by atoms with Gasteiger partial charge in [-0.1, -0.05) is 39.7 Å². The minimum absolute atomic E-state index is 0.0583. The molecule has 0 fully saturated rings. The van der Waals surface area contributed by atoms with Crippen LogP contribution in [0, 0.1) is 13.8 Å². The standard InChI is InChI=1S/C16H16BrClO2/c1-10-3-4-12(15(18)5-10)9-20-16-11(2)6-14(17)7-13(16)8-19/h3-7,19H,8-9H2,1-2H3. The van der Waals surface area contributed by atoms with E-state index in [2.05, 4.69) is 15.9 Å². The van der Waals surface area contributed by atoms with Crippen LogP contribution in [-0.4, -0.2) is 5.11 Å². The molecule has 0 aliphatic heterocycles. The molecule has 20 heavy (non-hydrogen) atoms. The molecule has 0 bridgehead atoms. The average molecular weight is 356 g/mol. The molecule has 0 radical (unpaired) electrons. The number of aliphatic hydroxyl groups excluding tert-OH is 1. The third kappa shape index (κ3) is 3.54. The van der Waals surface area contributed by atoms with Crippen LogP contribution in [0.1, 0.15) is 22.3 Å². The van der Waals surface area contributed by atoms with Crippen molar-refractivity contribution in [2.45, 2.75) is 27.1 Å². The Morgan fingerprint density at radius 2 is 1.90 bits per heavy atom. The van der Waals surface area contributed by atoms with E-state index in [1.165, 1.54) is 0 Å². The van der Waals surface area contributed by atoms with Crippen molar-refractivity contribution in [3.05, 3.63) is 62.1 Å². The topological polar surface area (TPSA) is 29.5 Å². The Balaban J connectivity index is 2.22. The maximum Gasteiger partial charge on any atom is 0.128 e. The van der Waals surface area contributed by atoms with Gasteiger partial charge in [-0.2, -0.15) is 0 Å². The van der Waals surface area contributed by atoms with Gasteiger partial charge in [-0.3, -0.25) is 0 Å². The van der Waals surface area contributed by atoms with Gasteiger partial charge in [-0.05, 0) is 43.2 Å². The van der Waals surface area contributed by atoms with Crippen LogP contribution < -0.4 is 4.74 Å². The van der Waals surface area contributed by atoms with Gasteiger partial charge in [0.05, 0.1) is 6.61 Å². The van der Waals surface area contributed by atoms with Crippen LogP contribution in [0.25, 0.3) is 0 Å². The summed E-state index contributed by atoms with van der Waals surface area (Å²) in [6.45, 7) is 4.28. The summed E-state index contributed by atoms with van der Waals surface area (Å²) in [7, 11) is 0. The maximum atomic E-state index is 9.43. The first-order chi connectivity index (χ1) is 9.51. The Morgan fingerprint density at radius 3 is 2.55 bits per heavy atom. The zero-order chi connectivity index (χ0) is 14.7. The van der Waals surface area contributed by atoms with Gasteiger partial charge in [0.1, 0.15) is 12.4 Å². The first-order valence-electron chi connectivity index (χ1n) is 6.29. The van der Waals surface area contributed by atoms with Crippen molar-refractivity contribution in [3.63, 3.8) is 0 Å². The molecule has 0 aromatic heterocycles. The lowest BCUT2D eigenvalue weighted by molar-refractivity contribution is 0.258. The SMILES string of the molecule is Cc1ccc(COc2c(C)cc(Br)cc2CO)c(Cl)c1. The van der Waals surface area contributed by atoms with Crippen LogP contribution in [0.3, 0.4) is 0 Å². The molecule has 0 spiro atoms. The van der Waals surface area contributed by atoms with Crippen LogP contribution in [0.2, 0.25) is 5.02 Å². The maximum absolute atomic E-state index is 9.43. The molecule has 0 atom stereocenters. The number of halogens is 2. The van der Waals surface area contributed by atoms with E-state index in [-0.39, 0.29) is 6.61 Å². The Bertz CT molecular complexity index is 626. The van der Waals surface area contributed by atoms with Crippen molar-refractivity contribution in [3.8, 4) is 5.75 Å². The molecule has 2 aromatic carbocycles. The van der Waals surface area contributed by atoms with E-state index in [9.17, 15) is 5.11 Å². The third-order valence-electron chi connectivity index (χ3n) is 3.07. The van der Waals surface area contributed by atoms with E-state index < -0.39 is 0 Å². The Kier molecular flexibility index (Phi) is 5.08. The summed E-state index contributed by atoms with van der Waals surface area (Å²) >= 11 is 9.61. The number of ether oxygens (including phenoxy) is 1. The van der Waals surface area contributed by atoms with Crippen molar-refractivity contribution in [2.75, 3.05) is 0 Å². The van der Waals surface area contributed by atoms with Crippen molar-refractivity contribution in [2.24, 2.45) is 0 Å². The molecule has 0 aliphatic carbocycles. The van der Waals surface area contributed by atoms with Gasteiger partial charge in [-0.25, -0.2) is 0 Å². The third-order valence-corrected chi connectivity index (χ3v) is 3.88. The van der Waals surface area contributed by atoms with Gasteiger partial charge in [0, 0.05) is 20.6 Å². The smallest absolute Gasteiger partial charge is 0.128 e. The van der Waals surface area contributed by atoms with Gasteiger partial charge in [0.2, 0.25) is 0 Å². The number of benzene rings is 2. The molecule has 106 valence electrons. The van der Waals surface area contributed by atoms with Crippen LogP contribution in [0.5, 0.6) is 5.75 Å². The summed E-state index contributed by atoms with van der Waals surface area (Å²) in [6.07, 6.45) is 0. The highest BCUT2D eigenvalue weighted by atomic mass is 79.9. The first-order valence-corrected chi connectivity index (χ1v) is 7.46. The molecular weight excluding hydrogens is 340 g/mol. The molecule has 0 amide bonds. The predicted octanol–water partition coefficient (Wildman–Crippen LogP) is 4.79. The first kappa shape index (κ1) is 15.4. The molecular formula is C16H16BrClO2. The lowest BCUT2D eigenvalue weighted by Crippen LogP contribution is -2.01. The van der Waals surface area contributed by atoms with E-state index >= 15 is 0 Å². The zero-order valence-corrected chi connectivity index (χ0v) is 13.8. The molecule has 2 nitrogen and oxygen atoms in total. The molecule has 0 saturated heterocycles. The highest BCUT2D eigenvalue weighted by Crippen LogP contribution is 2.29. The van der Waals surface area contributed by atoms with Gasteiger partial charge < -0.3 is 9.84 Å². The highest BCUT2D eigenvalue weighted by molar-refractivity contribution is 9.10. The molecule has 1 N–H and O–H groups in total. The Labute approximate surface area is 132 Å². The van der Waals surface area contributed by atoms with Crippen LogP contribution in [0.15, 0.2) is 34.8 Å². The summed E-state index contributed by atoms with van der Waals surface area (Å²) in [5.74, 6) is 0.715. The van der Waals surface area contributed by atoms with Gasteiger partial charge in [0.15, 0.2) is 0 Å². The normalized spacial score (nSPS) is 10.7. The Hall–Kier alpha value is -1.03. The molecule has 0 unspecified atom stereocenters. The van der Waals surface area contributed by atoms with Crippen LogP contribution >= 0.6 is 27.5 Å². The van der Waals surface area contributed by atoms with Crippen LogP contribution in [0.4, 0.5) is 0 Å². The molecule has 0 heterocycles. The fraction of sp³-hybridized carbons (Fsp3) is 0.250. The summed E-state index contributed by atoms with van der Waals surface area (Å²) in [4.78, 5) is 0. The zero-order valence-electron chi connectivity index (χ0n) is 11.4. The average Bonchev–Trinajstić information content (AvgIpc) is 2.38. The van der Waals surface area contributed by atoms with Crippen molar-refractivity contribution in [1.82, 2.24) is 0 Å². The molecule has 2 aromatic rings. The largest absolute Gasteiger partial charge is 0.488 e. The lowest BCUT2D eigenvalue weighted by Gasteiger charge is -2.14. The number of aryl methyl sites for hydroxylation is 2. The van der Waals surface area contributed by atoms with E-state index in [0.29, 0.717) is 17.4 Å². The van der Waals surface area contributed by atoms with Crippen LogP contribution in [-0.2, 0) is 13.2 Å². The lowest BCUT2D eigenvalue weighted by atomic mass is 10.1. The fourth-order valence-corrected chi connectivity index (χ4v) is 2.95. The molecule has 0 aliphatic rings. The highest BCUT2D eigenvalue weighted by Gasteiger charge is 2.10. The second-order valence-electron chi connectivity index (χ2n) is 4.75. The molecule has 2 rings (SSSR count). The van der Waals surface area contributed by atoms with Gasteiger partial charge >= 0.3 is 0 Å². The van der Waals surface area contributed by atoms with E-state index in [1.807, 2.05) is 44.2 Å². The minimum atomic E-state index is -0.0583. The summed E-state index contributed by atoms with van der Waals surface area (Å²) in [5, 5.41) is 10.1. The molecule has 4 heteroatoms. The summed E-state index contributed by atoms with van der Waals surface area (Å²) in [6, 6.07) is 9.71. The van der Waals surface area contributed by atoms with E-state index in [4.69, 9.17) is 16.3 Å². The quantitative estimate of drug-likeness (QED) is 0.854. The second kappa shape index (κ2) is 6.61. The monoisotopic (exact) mass is 354 g/mol. The van der Waals surface area contributed by atoms with Crippen molar-refractivity contribution < 1.29 is 9.84 Å². The van der Waals surface area contributed by atoms with Crippen molar-refractivity contribution >= 4 is 27.5 Å². The minimum Gasteiger partial charge on any atom is -0.488 e. The predicted molar refractivity (Wildman–Crippen MR) is 85.3 cm³/mol. The summed E-state index contributed by atoms with van der Waals surface area (Å²) in [5.41, 5.74) is 3.80.